The quantitative estimate of drug-likeness (QED) is 0.554. The number of aryl methyl sites for hydroxylation is 1. The molecule has 7 heteroatoms. The van der Waals surface area contributed by atoms with Gasteiger partial charge in [-0.15, -0.1) is 0 Å². The van der Waals surface area contributed by atoms with Gasteiger partial charge in [0.2, 0.25) is 5.76 Å². The zero-order chi connectivity index (χ0) is 23.0. The number of hydrogen-bond donors (Lipinski definition) is 0. The van der Waals surface area contributed by atoms with Crippen molar-refractivity contribution < 1.29 is 18.7 Å². The fourth-order valence-corrected chi connectivity index (χ4v) is 4.19. The first-order valence-corrected chi connectivity index (χ1v) is 10.5. The Kier molecular flexibility index (Phi) is 5.84. The number of amides is 1. The summed E-state index contributed by atoms with van der Waals surface area (Å²) in [5, 5.41) is 0.461. The number of carbonyl (C=O) groups excluding carboxylic acids is 2. The lowest BCUT2D eigenvalue weighted by Gasteiger charge is -2.25. The number of benzene rings is 2. The van der Waals surface area contributed by atoms with E-state index < -0.39 is 12.0 Å². The van der Waals surface area contributed by atoms with Crippen molar-refractivity contribution >= 4 is 22.8 Å². The van der Waals surface area contributed by atoms with Crippen molar-refractivity contribution in [1.82, 2.24) is 9.80 Å². The number of methoxy groups -OCH3 is 1. The lowest BCUT2D eigenvalue weighted by Crippen LogP contribution is -2.32. The Labute approximate surface area is 186 Å². The molecule has 0 radical (unpaired) electrons. The molecule has 0 saturated carbocycles. The van der Waals surface area contributed by atoms with Gasteiger partial charge in [-0.05, 0) is 63.8 Å². The first kappa shape index (κ1) is 21.8. The Morgan fingerprint density at radius 2 is 1.84 bits per heavy atom. The van der Waals surface area contributed by atoms with Crippen LogP contribution in [-0.2, 0) is 4.74 Å². The molecule has 7 nitrogen and oxygen atoms in total. The summed E-state index contributed by atoms with van der Waals surface area (Å²) in [6, 6.07) is 11.6. The predicted octanol–water partition coefficient (Wildman–Crippen LogP) is 3.38. The highest BCUT2D eigenvalue weighted by Gasteiger charge is 2.42. The third-order valence-electron chi connectivity index (χ3n) is 5.77. The van der Waals surface area contributed by atoms with Gasteiger partial charge in [0.15, 0.2) is 5.43 Å². The van der Waals surface area contributed by atoms with E-state index in [0.29, 0.717) is 28.6 Å². The van der Waals surface area contributed by atoms with Crippen LogP contribution in [0.2, 0.25) is 0 Å². The van der Waals surface area contributed by atoms with E-state index in [9.17, 15) is 14.4 Å². The van der Waals surface area contributed by atoms with Gasteiger partial charge in [-0.2, -0.15) is 0 Å². The summed E-state index contributed by atoms with van der Waals surface area (Å²) in [5.41, 5.74) is 2.65. The van der Waals surface area contributed by atoms with E-state index >= 15 is 0 Å². The average molecular weight is 434 g/mol. The number of nitrogens with zero attached hydrogens (tertiary/aromatic N) is 2. The molecule has 2 aromatic carbocycles. The second kappa shape index (κ2) is 8.59. The van der Waals surface area contributed by atoms with Crippen LogP contribution in [0.15, 0.2) is 51.7 Å². The third-order valence-corrected chi connectivity index (χ3v) is 5.77. The van der Waals surface area contributed by atoms with Gasteiger partial charge in [0.1, 0.15) is 5.58 Å². The Morgan fingerprint density at radius 3 is 2.50 bits per heavy atom. The molecule has 1 aromatic heterocycles. The Hall–Kier alpha value is -3.45. The van der Waals surface area contributed by atoms with Crippen molar-refractivity contribution in [2.45, 2.75) is 19.4 Å². The molecule has 4 rings (SSSR count). The molecule has 0 unspecified atom stereocenters. The molecule has 0 N–H and O–H groups in total. The molecular formula is C25H26N2O5. The second-order valence-corrected chi connectivity index (χ2v) is 8.35. The zero-order valence-corrected chi connectivity index (χ0v) is 18.7. The lowest BCUT2D eigenvalue weighted by atomic mass is 9.97. The number of hydrogen-bond acceptors (Lipinski definition) is 6. The number of ether oxygens (including phenoxy) is 1. The van der Waals surface area contributed by atoms with E-state index in [1.807, 2.05) is 32.0 Å². The fraction of sp³-hybridized carbons (Fsp3) is 0.320. The van der Waals surface area contributed by atoms with Crippen LogP contribution < -0.4 is 5.43 Å². The van der Waals surface area contributed by atoms with Crippen molar-refractivity contribution in [3.63, 3.8) is 0 Å². The van der Waals surface area contributed by atoms with Crippen LogP contribution in [0, 0.1) is 6.92 Å². The summed E-state index contributed by atoms with van der Waals surface area (Å²) in [5.74, 6) is -0.637. The van der Waals surface area contributed by atoms with Gasteiger partial charge in [0, 0.05) is 6.54 Å². The van der Waals surface area contributed by atoms with Crippen LogP contribution >= 0.6 is 0 Å². The smallest absolute Gasteiger partial charge is 0.337 e. The summed E-state index contributed by atoms with van der Waals surface area (Å²) in [6.45, 7) is 3.18. The molecular weight excluding hydrogens is 408 g/mol. The minimum atomic E-state index is -0.576. The molecule has 0 bridgehead atoms. The van der Waals surface area contributed by atoms with Gasteiger partial charge in [-0.25, -0.2) is 4.79 Å². The van der Waals surface area contributed by atoms with Crippen molar-refractivity contribution in [3.05, 3.63) is 80.7 Å². The Bertz CT molecular complexity index is 1240. The van der Waals surface area contributed by atoms with Gasteiger partial charge < -0.3 is 19.0 Å². The van der Waals surface area contributed by atoms with E-state index in [4.69, 9.17) is 9.15 Å². The van der Waals surface area contributed by atoms with Crippen LogP contribution in [0.1, 0.15) is 50.1 Å². The summed E-state index contributed by atoms with van der Waals surface area (Å²) in [4.78, 5) is 42.5. The molecule has 0 spiro atoms. The topological polar surface area (TPSA) is 80.1 Å². The van der Waals surface area contributed by atoms with Crippen LogP contribution in [0.25, 0.3) is 11.0 Å². The van der Waals surface area contributed by atoms with Gasteiger partial charge in [-0.3, -0.25) is 9.59 Å². The van der Waals surface area contributed by atoms with E-state index in [-0.39, 0.29) is 17.1 Å². The van der Waals surface area contributed by atoms with Crippen molar-refractivity contribution in [1.29, 1.82) is 0 Å². The third kappa shape index (κ3) is 3.80. The molecule has 1 aliphatic rings. The summed E-state index contributed by atoms with van der Waals surface area (Å²) < 4.78 is 10.7. The molecule has 166 valence electrons. The van der Waals surface area contributed by atoms with E-state index in [1.54, 1.807) is 41.3 Å². The number of esters is 1. The highest BCUT2D eigenvalue weighted by atomic mass is 16.5. The molecule has 3 aromatic rings. The van der Waals surface area contributed by atoms with Crippen LogP contribution in [-0.4, -0.2) is 56.0 Å². The lowest BCUT2D eigenvalue weighted by molar-refractivity contribution is 0.0600. The maximum absolute atomic E-state index is 13.5. The minimum Gasteiger partial charge on any atom is -0.465 e. The van der Waals surface area contributed by atoms with E-state index in [2.05, 4.69) is 0 Å². The molecule has 32 heavy (non-hydrogen) atoms. The molecule has 1 atom stereocenters. The SMILES string of the molecule is COC(=O)c1ccc([C@@H]2c3c(oc4ccc(C)cc4c3=O)C(=O)N2CCCN(C)C)cc1. The van der Waals surface area contributed by atoms with Gasteiger partial charge >= 0.3 is 5.97 Å². The molecule has 0 saturated heterocycles. The second-order valence-electron chi connectivity index (χ2n) is 8.35. The van der Waals surface area contributed by atoms with E-state index in [0.717, 1.165) is 24.1 Å². The van der Waals surface area contributed by atoms with E-state index in [1.165, 1.54) is 7.11 Å². The number of rotatable bonds is 6. The van der Waals surface area contributed by atoms with Crippen LogP contribution in [0.4, 0.5) is 0 Å². The summed E-state index contributed by atoms with van der Waals surface area (Å²) in [6.07, 6.45) is 0.746. The molecule has 2 heterocycles. The number of fused-ring (bicyclic) bond motifs is 2. The average Bonchev–Trinajstić information content (AvgIpc) is 3.06. The first-order chi connectivity index (χ1) is 15.3. The van der Waals surface area contributed by atoms with Crippen molar-refractivity contribution in [2.24, 2.45) is 0 Å². The van der Waals surface area contributed by atoms with Crippen LogP contribution in [0.3, 0.4) is 0 Å². The van der Waals surface area contributed by atoms with Gasteiger partial charge in [0.25, 0.3) is 5.91 Å². The maximum atomic E-state index is 13.5. The predicted molar refractivity (Wildman–Crippen MR) is 121 cm³/mol. The van der Waals surface area contributed by atoms with Gasteiger partial charge in [-0.1, -0.05) is 23.8 Å². The molecule has 0 fully saturated rings. The zero-order valence-electron chi connectivity index (χ0n) is 18.7. The maximum Gasteiger partial charge on any atom is 0.337 e. The fourth-order valence-electron chi connectivity index (χ4n) is 4.19. The van der Waals surface area contributed by atoms with Crippen molar-refractivity contribution in [2.75, 3.05) is 34.3 Å². The summed E-state index contributed by atoms with van der Waals surface area (Å²) >= 11 is 0. The Morgan fingerprint density at radius 1 is 1.12 bits per heavy atom. The normalized spacial score (nSPS) is 15.5. The molecule has 1 amide bonds. The summed E-state index contributed by atoms with van der Waals surface area (Å²) in [7, 11) is 5.28. The molecule has 1 aliphatic heterocycles. The minimum absolute atomic E-state index is 0.0956. The Balaban J connectivity index is 1.85. The monoisotopic (exact) mass is 434 g/mol. The van der Waals surface area contributed by atoms with Crippen molar-refractivity contribution in [3.8, 4) is 0 Å². The highest BCUT2D eigenvalue weighted by Crippen LogP contribution is 2.38. The van der Waals surface area contributed by atoms with Gasteiger partial charge in [0.05, 0.1) is 29.7 Å². The largest absolute Gasteiger partial charge is 0.465 e. The number of carbonyl (C=O) groups is 2. The first-order valence-electron chi connectivity index (χ1n) is 10.5. The van der Waals surface area contributed by atoms with Crippen LogP contribution in [0.5, 0.6) is 0 Å². The highest BCUT2D eigenvalue weighted by molar-refractivity contribution is 5.99. The standard InChI is InChI=1S/C25H26N2O5/c1-15-6-11-19-18(14-15)22(28)20-21(16-7-9-17(10-8-16)25(30)31-4)27(13-5-12-26(2)3)24(29)23(20)32-19/h6-11,14,21H,5,12-13H2,1-4H3/t21-/m1/s1. The molecule has 0 aliphatic carbocycles.